The van der Waals surface area contributed by atoms with Gasteiger partial charge < -0.3 is 14.2 Å². The van der Waals surface area contributed by atoms with Crippen LogP contribution in [0.2, 0.25) is 10.0 Å². The monoisotopic (exact) mass is 575 g/mol. The first kappa shape index (κ1) is 25.7. The molecule has 1 unspecified atom stereocenters. The van der Waals surface area contributed by atoms with Gasteiger partial charge in [0.05, 0.1) is 29.0 Å². The van der Waals surface area contributed by atoms with Crippen molar-refractivity contribution in [3.63, 3.8) is 0 Å². The van der Waals surface area contributed by atoms with E-state index in [9.17, 15) is 13.2 Å². The molecule has 0 spiro atoms. The second-order valence-electron chi connectivity index (χ2n) is 10.4. The maximum absolute atomic E-state index is 12.1. The molecular formula is C27H27Cl2N3O5S. The van der Waals surface area contributed by atoms with E-state index in [2.05, 4.69) is 10.1 Å². The normalized spacial score (nSPS) is 22.7. The zero-order chi connectivity index (χ0) is 26.6. The van der Waals surface area contributed by atoms with Gasteiger partial charge in [0.1, 0.15) is 11.5 Å². The van der Waals surface area contributed by atoms with Gasteiger partial charge in [0.2, 0.25) is 10.0 Å². The third-order valence-corrected chi connectivity index (χ3v) is 8.81. The molecule has 0 radical (unpaired) electrons. The Morgan fingerprint density at radius 1 is 1.13 bits per heavy atom. The standard InChI is InChI=1S/C27H27Cl2N3O5S/c1-38(34,35)31-27(33)16-7-9-18(10-8-16)32-13-17-11-19(32)12-23(17)36-14-20-25(30-37-26(20)15-5-6-15)24-21(28)3-2-4-22(24)29/h2-4,7-10,15,17,19,23H,5-6,11-14H2,1H3,(H,31,33)/t17-,19-,23?/m0/s1. The number of sulfonamides is 1. The minimum Gasteiger partial charge on any atom is -0.373 e. The fourth-order valence-corrected chi connectivity index (χ4v) is 6.73. The average Bonchev–Trinajstić information content (AvgIpc) is 3.32. The molecule has 3 aromatic rings. The Labute approximate surface area is 231 Å². The van der Waals surface area contributed by atoms with Crippen molar-refractivity contribution in [2.75, 3.05) is 17.7 Å². The van der Waals surface area contributed by atoms with E-state index in [1.807, 2.05) is 22.9 Å². The molecule has 2 saturated carbocycles. The number of carbonyl (C=O) groups is 1. The lowest BCUT2D eigenvalue weighted by Gasteiger charge is -2.33. The molecule has 2 aliphatic carbocycles. The number of nitrogens with zero attached hydrogens (tertiary/aromatic N) is 2. The van der Waals surface area contributed by atoms with Crippen molar-refractivity contribution in [1.82, 2.24) is 9.88 Å². The largest absolute Gasteiger partial charge is 0.373 e. The Morgan fingerprint density at radius 3 is 2.45 bits per heavy atom. The van der Waals surface area contributed by atoms with Crippen LogP contribution in [0.5, 0.6) is 0 Å². The van der Waals surface area contributed by atoms with E-state index >= 15 is 0 Å². The first-order valence-electron chi connectivity index (χ1n) is 12.6. The number of piperidine rings is 1. The molecule has 200 valence electrons. The minimum atomic E-state index is -3.61. The smallest absolute Gasteiger partial charge is 0.264 e. The Bertz CT molecular complexity index is 1470. The Morgan fingerprint density at radius 2 is 1.84 bits per heavy atom. The van der Waals surface area contributed by atoms with Gasteiger partial charge in [-0.15, -0.1) is 0 Å². The molecular weight excluding hydrogens is 549 g/mol. The fourth-order valence-electron chi connectivity index (χ4n) is 5.70. The summed E-state index contributed by atoms with van der Waals surface area (Å²) in [6.45, 7) is 1.25. The summed E-state index contributed by atoms with van der Waals surface area (Å²) in [5.74, 6) is 0.992. The van der Waals surface area contributed by atoms with E-state index in [1.54, 1.807) is 24.3 Å². The molecule has 1 saturated heterocycles. The number of hydrogen-bond donors (Lipinski definition) is 1. The third-order valence-electron chi connectivity index (χ3n) is 7.62. The molecule has 3 fully saturated rings. The Hall–Kier alpha value is -2.59. The van der Waals surface area contributed by atoms with Crippen LogP contribution in [-0.4, -0.2) is 44.4 Å². The predicted octanol–water partition coefficient (Wildman–Crippen LogP) is 5.40. The SMILES string of the molecule is CS(=O)(=O)NC(=O)c1ccc(N2C[C@@H]3C[C@H]2CC3OCc2c(-c3c(Cl)cccc3Cl)noc2C2CC2)cc1. The van der Waals surface area contributed by atoms with Crippen LogP contribution < -0.4 is 9.62 Å². The van der Waals surface area contributed by atoms with E-state index in [1.165, 1.54) is 0 Å². The van der Waals surface area contributed by atoms with Gasteiger partial charge in [-0.2, -0.15) is 0 Å². The van der Waals surface area contributed by atoms with Crippen LogP contribution in [0.1, 0.15) is 53.3 Å². The van der Waals surface area contributed by atoms with Gasteiger partial charge in [0.25, 0.3) is 5.91 Å². The fraction of sp³-hybridized carbons (Fsp3) is 0.407. The molecule has 8 nitrogen and oxygen atoms in total. The van der Waals surface area contributed by atoms with Gasteiger partial charge in [-0.05, 0) is 62.1 Å². The van der Waals surface area contributed by atoms with E-state index < -0.39 is 15.9 Å². The van der Waals surface area contributed by atoms with Gasteiger partial charge in [-0.25, -0.2) is 13.1 Å². The van der Waals surface area contributed by atoms with Crippen LogP contribution in [0.15, 0.2) is 47.0 Å². The number of fused-ring (bicyclic) bond motifs is 2. The minimum absolute atomic E-state index is 0.118. The van der Waals surface area contributed by atoms with Crippen LogP contribution in [-0.2, 0) is 21.4 Å². The van der Waals surface area contributed by atoms with Gasteiger partial charge >= 0.3 is 0 Å². The quantitative estimate of drug-likeness (QED) is 0.383. The van der Waals surface area contributed by atoms with Crippen molar-refractivity contribution in [1.29, 1.82) is 0 Å². The zero-order valence-electron chi connectivity index (χ0n) is 20.7. The van der Waals surface area contributed by atoms with Crippen LogP contribution in [0, 0.1) is 5.92 Å². The maximum atomic E-state index is 12.1. The summed E-state index contributed by atoms with van der Waals surface area (Å²) in [6.07, 6.45) is 5.16. The lowest BCUT2D eigenvalue weighted by Crippen LogP contribution is -2.38. The number of amides is 1. The van der Waals surface area contributed by atoms with Crippen LogP contribution in [0.4, 0.5) is 5.69 Å². The number of nitrogens with one attached hydrogen (secondary N) is 1. The molecule has 1 amide bonds. The lowest BCUT2D eigenvalue weighted by atomic mass is 10.0. The van der Waals surface area contributed by atoms with Crippen molar-refractivity contribution in [2.24, 2.45) is 5.92 Å². The highest BCUT2D eigenvalue weighted by atomic mass is 35.5. The highest BCUT2D eigenvalue weighted by Crippen LogP contribution is 2.47. The highest BCUT2D eigenvalue weighted by molar-refractivity contribution is 7.89. The number of ether oxygens (including phenoxy) is 1. The molecule has 2 aromatic carbocycles. The van der Waals surface area contributed by atoms with E-state index in [4.69, 9.17) is 32.5 Å². The lowest BCUT2D eigenvalue weighted by molar-refractivity contribution is 0.0122. The summed E-state index contributed by atoms with van der Waals surface area (Å²) in [6, 6.07) is 12.8. The number of anilines is 1. The summed E-state index contributed by atoms with van der Waals surface area (Å²) < 4.78 is 36.9. The summed E-state index contributed by atoms with van der Waals surface area (Å²) in [5, 5.41) is 5.42. The molecule has 2 bridgehead atoms. The van der Waals surface area contributed by atoms with Crippen LogP contribution >= 0.6 is 23.2 Å². The van der Waals surface area contributed by atoms with Crippen molar-refractivity contribution in [2.45, 2.75) is 50.4 Å². The molecule has 6 rings (SSSR count). The second-order valence-corrected chi connectivity index (χ2v) is 12.9. The first-order chi connectivity index (χ1) is 18.2. The molecule has 38 heavy (non-hydrogen) atoms. The van der Waals surface area contributed by atoms with Crippen LogP contribution in [0.25, 0.3) is 11.3 Å². The van der Waals surface area contributed by atoms with Crippen molar-refractivity contribution in [3.8, 4) is 11.3 Å². The summed E-state index contributed by atoms with van der Waals surface area (Å²) in [4.78, 5) is 14.4. The van der Waals surface area contributed by atoms with Gasteiger partial charge in [0, 0.05) is 46.8 Å². The maximum Gasteiger partial charge on any atom is 0.264 e. The van der Waals surface area contributed by atoms with E-state index in [0.29, 0.717) is 51.4 Å². The number of carbonyl (C=O) groups excluding carboxylic acids is 1. The molecule has 2 heterocycles. The Kier molecular flexibility index (Phi) is 6.66. The molecule has 1 aromatic heterocycles. The molecule has 11 heteroatoms. The summed E-state index contributed by atoms with van der Waals surface area (Å²) in [7, 11) is -3.61. The molecule has 3 atom stereocenters. The topological polar surface area (TPSA) is 102 Å². The molecule has 3 aliphatic rings. The summed E-state index contributed by atoms with van der Waals surface area (Å²) in [5.41, 5.74) is 3.59. The Balaban J connectivity index is 1.13. The van der Waals surface area contributed by atoms with Crippen molar-refractivity contribution < 1.29 is 22.5 Å². The number of hydrogen-bond acceptors (Lipinski definition) is 7. The zero-order valence-corrected chi connectivity index (χ0v) is 23.0. The predicted molar refractivity (Wildman–Crippen MR) is 145 cm³/mol. The first-order valence-corrected chi connectivity index (χ1v) is 15.3. The summed E-state index contributed by atoms with van der Waals surface area (Å²) >= 11 is 13.0. The molecule has 1 aliphatic heterocycles. The number of aromatic nitrogens is 1. The second kappa shape index (κ2) is 9.86. The molecule has 1 N–H and O–H groups in total. The number of benzene rings is 2. The van der Waals surface area contributed by atoms with Gasteiger partial charge in [-0.1, -0.05) is 34.4 Å². The third kappa shape index (κ3) is 5.04. The highest BCUT2D eigenvalue weighted by Gasteiger charge is 2.45. The van der Waals surface area contributed by atoms with Gasteiger partial charge in [-0.3, -0.25) is 4.79 Å². The number of rotatable bonds is 8. The van der Waals surface area contributed by atoms with Crippen LogP contribution in [0.3, 0.4) is 0 Å². The van der Waals surface area contributed by atoms with Crippen molar-refractivity contribution in [3.05, 3.63) is 69.4 Å². The van der Waals surface area contributed by atoms with E-state index in [-0.39, 0.29) is 6.10 Å². The average molecular weight is 577 g/mol. The van der Waals surface area contributed by atoms with E-state index in [0.717, 1.165) is 55.5 Å². The number of halogens is 2. The van der Waals surface area contributed by atoms with Crippen molar-refractivity contribution >= 4 is 44.8 Å². The van der Waals surface area contributed by atoms with Gasteiger partial charge in [0.15, 0.2) is 0 Å².